The highest BCUT2D eigenvalue weighted by atomic mass is 16.5. The molecule has 6 nitrogen and oxygen atoms in total. The second kappa shape index (κ2) is 5.66. The molecule has 0 bridgehead atoms. The van der Waals surface area contributed by atoms with Crippen molar-refractivity contribution in [1.82, 2.24) is 4.90 Å². The molecule has 2 atom stereocenters. The van der Waals surface area contributed by atoms with Crippen LogP contribution in [0.2, 0.25) is 0 Å². The van der Waals surface area contributed by atoms with Crippen LogP contribution < -0.4 is 0 Å². The summed E-state index contributed by atoms with van der Waals surface area (Å²) >= 11 is 0. The molecule has 1 fully saturated rings. The summed E-state index contributed by atoms with van der Waals surface area (Å²) in [6, 6.07) is 1.31. The number of rotatable bonds is 3. The van der Waals surface area contributed by atoms with Crippen molar-refractivity contribution in [2.24, 2.45) is 0 Å². The third-order valence-corrected chi connectivity index (χ3v) is 3.28. The normalized spacial score (nSPS) is 22.9. The highest BCUT2D eigenvalue weighted by Gasteiger charge is 2.29. The first-order valence-electron chi connectivity index (χ1n) is 6.73. The molecule has 2 heterocycles. The van der Waals surface area contributed by atoms with E-state index >= 15 is 0 Å². The molecule has 1 N–H and O–H groups in total. The van der Waals surface area contributed by atoms with E-state index < -0.39 is 5.97 Å². The van der Waals surface area contributed by atoms with Crippen molar-refractivity contribution in [1.29, 1.82) is 0 Å². The molecule has 0 saturated carbocycles. The van der Waals surface area contributed by atoms with Crippen LogP contribution in [0.15, 0.2) is 10.5 Å². The topological polar surface area (TPSA) is 80.0 Å². The fraction of sp³-hybridized carbons (Fsp3) is 0.571. The van der Waals surface area contributed by atoms with Crippen LogP contribution in [-0.4, -0.2) is 47.2 Å². The summed E-state index contributed by atoms with van der Waals surface area (Å²) in [6.45, 7) is 6.55. The minimum Gasteiger partial charge on any atom is -0.478 e. The van der Waals surface area contributed by atoms with Gasteiger partial charge in [-0.05, 0) is 13.8 Å². The van der Waals surface area contributed by atoms with Crippen LogP contribution in [0, 0.1) is 0 Å². The molecule has 2 unspecified atom stereocenters. The lowest BCUT2D eigenvalue weighted by Crippen LogP contribution is -2.48. The summed E-state index contributed by atoms with van der Waals surface area (Å²) in [4.78, 5) is 25.1. The summed E-state index contributed by atoms with van der Waals surface area (Å²) in [5, 5.41) is 9.08. The number of ether oxygens (including phenoxy) is 1. The van der Waals surface area contributed by atoms with Gasteiger partial charge in [-0.3, -0.25) is 4.79 Å². The number of amides is 1. The molecule has 0 aliphatic carbocycles. The van der Waals surface area contributed by atoms with Gasteiger partial charge in [0.15, 0.2) is 5.76 Å². The van der Waals surface area contributed by atoms with Crippen LogP contribution in [0.1, 0.15) is 47.4 Å². The van der Waals surface area contributed by atoms with Crippen LogP contribution in [-0.2, 0) is 11.2 Å². The summed E-state index contributed by atoms with van der Waals surface area (Å²) in [5.41, 5.74) is 0.0604. The average molecular weight is 281 g/mol. The van der Waals surface area contributed by atoms with Crippen LogP contribution in [0.25, 0.3) is 0 Å². The van der Waals surface area contributed by atoms with Crippen molar-refractivity contribution < 1.29 is 23.8 Å². The predicted octanol–water partition coefficient (Wildman–Crippen LogP) is 1.79. The number of nitrogens with zero attached hydrogens (tertiary/aromatic N) is 1. The number of hydrogen-bond acceptors (Lipinski definition) is 4. The van der Waals surface area contributed by atoms with Gasteiger partial charge >= 0.3 is 5.97 Å². The van der Waals surface area contributed by atoms with Gasteiger partial charge in [-0.15, -0.1) is 0 Å². The Balaban J connectivity index is 2.22. The van der Waals surface area contributed by atoms with E-state index in [4.69, 9.17) is 14.3 Å². The van der Waals surface area contributed by atoms with Crippen molar-refractivity contribution in [3.05, 3.63) is 23.2 Å². The number of aryl methyl sites for hydroxylation is 1. The standard InChI is InChI=1S/C14H19NO5/c1-4-11-10(14(17)18)5-12(20-11)13(16)15-6-8(2)19-9(3)7-15/h5,8-9H,4,6-7H2,1-3H3,(H,17,18). The molecule has 2 rings (SSSR count). The molecule has 0 spiro atoms. The fourth-order valence-electron chi connectivity index (χ4n) is 2.48. The van der Waals surface area contributed by atoms with Crippen molar-refractivity contribution in [2.75, 3.05) is 13.1 Å². The molecule has 1 aromatic rings. The third kappa shape index (κ3) is 2.85. The van der Waals surface area contributed by atoms with Gasteiger partial charge in [-0.1, -0.05) is 6.92 Å². The first-order chi connectivity index (χ1) is 9.42. The minimum atomic E-state index is -1.08. The van der Waals surface area contributed by atoms with Crippen molar-refractivity contribution in [3.8, 4) is 0 Å². The van der Waals surface area contributed by atoms with Crippen molar-refractivity contribution in [3.63, 3.8) is 0 Å². The number of carboxylic acid groups (broad SMARTS) is 1. The lowest BCUT2D eigenvalue weighted by molar-refractivity contribution is -0.0592. The van der Waals surface area contributed by atoms with Gasteiger partial charge in [0.25, 0.3) is 5.91 Å². The molecule has 0 radical (unpaired) electrons. The molecule has 1 aromatic heterocycles. The third-order valence-electron chi connectivity index (χ3n) is 3.28. The Morgan fingerprint density at radius 1 is 1.35 bits per heavy atom. The van der Waals surface area contributed by atoms with E-state index in [-0.39, 0.29) is 29.4 Å². The van der Waals surface area contributed by atoms with E-state index in [2.05, 4.69) is 0 Å². The largest absolute Gasteiger partial charge is 0.478 e. The Labute approximate surface area is 117 Å². The fourth-order valence-corrected chi connectivity index (χ4v) is 2.48. The number of aromatic carboxylic acids is 1. The predicted molar refractivity (Wildman–Crippen MR) is 71.0 cm³/mol. The molecule has 110 valence electrons. The summed E-state index contributed by atoms with van der Waals surface area (Å²) < 4.78 is 11.0. The second-order valence-electron chi connectivity index (χ2n) is 5.07. The Bertz CT molecular complexity index is 512. The molecular weight excluding hydrogens is 262 g/mol. The van der Waals surface area contributed by atoms with Gasteiger partial charge in [0.1, 0.15) is 11.3 Å². The van der Waals surface area contributed by atoms with Gasteiger partial charge < -0.3 is 19.2 Å². The Morgan fingerprint density at radius 2 is 1.95 bits per heavy atom. The first-order valence-corrected chi connectivity index (χ1v) is 6.73. The van der Waals surface area contributed by atoms with Crippen LogP contribution >= 0.6 is 0 Å². The maximum absolute atomic E-state index is 12.4. The molecule has 1 aliphatic heterocycles. The maximum atomic E-state index is 12.4. The van der Waals surface area contributed by atoms with Gasteiger partial charge in [0, 0.05) is 25.6 Å². The number of morpholine rings is 1. The average Bonchev–Trinajstić information content (AvgIpc) is 2.80. The highest BCUT2D eigenvalue weighted by Crippen LogP contribution is 2.20. The van der Waals surface area contributed by atoms with E-state index in [9.17, 15) is 9.59 Å². The number of furan rings is 1. The van der Waals surface area contributed by atoms with Gasteiger partial charge in [-0.2, -0.15) is 0 Å². The first kappa shape index (κ1) is 14.6. The van der Waals surface area contributed by atoms with Gasteiger partial charge in [0.2, 0.25) is 0 Å². The monoisotopic (exact) mass is 281 g/mol. The zero-order valence-electron chi connectivity index (χ0n) is 11.9. The molecule has 1 saturated heterocycles. The second-order valence-corrected chi connectivity index (χ2v) is 5.07. The molecule has 6 heteroatoms. The lowest BCUT2D eigenvalue weighted by Gasteiger charge is -2.34. The van der Waals surface area contributed by atoms with E-state index in [0.29, 0.717) is 25.3 Å². The SMILES string of the molecule is CCc1oc(C(=O)N2CC(C)OC(C)C2)cc1C(=O)O. The Hall–Kier alpha value is -1.82. The summed E-state index contributed by atoms with van der Waals surface area (Å²) in [7, 11) is 0. The minimum absolute atomic E-state index is 0.0396. The number of carbonyl (C=O) groups excluding carboxylic acids is 1. The number of carbonyl (C=O) groups is 2. The smallest absolute Gasteiger partial charge is 0.339 e. The van der Waals surface area contributed by atoms with E-state index in [1.165, 1.54) is 6.07 Å². The Morgan fingerprint density at radius 3 is 2.40 bits per heavy atom. The Kier molecular flexibility index (Phi) is 4.13. The molecule has 0 aromatic carbocycles. The van der Waals surface area contributed by atoms with Crippen molar-refractivity contribution in [2.45, 2.75) is 39.4 Å². The van der Waals surface area contributed by atoms with E-state index in [0.717, 1.165) is 0 Å². The molecule has 1 aliphatic rings. The number of hydrogen-bond donors (Lipinski definition) is 1. The van der Waals surface area contributed by atoms with Crippen LogP contribution in [0.3, 0.4) is 0 Å². The molecular formula is C14H19NO5. The van der Waals surface area contributed by atoms with Crippen molar-refractivity contribution >= 4 is 11.9 Å². The van der Waals surface area contributed by atoms with Gasteiger partial charge in [0.05, 0.1) is 12.2 Å². The van der Waals surface area contributed by atoms with Crippen LogP contribution in [0.5, 0.6) is 0 Å². The quantitative estimate of drug-likeness (QED) is 0.913. The van der Waals surface area contributed by atoms with E-state index in [1.807, 2.05) is 13.8 Å². The van der Waals surface area contributed by atoms with Gasteiger partial charge in [-0.25, -0.2) is 4.79 Å². The zero-order valence-corrected chi connectivity index (χ0v) is 11.9. The maximum Gasteiger partial charge on any atom is 0.339 e. The molecule has 1 amide bonds. The lowest BCUT2D eigenvalue weighted by atomic mass is 10.2. The van der Waals surface area contributed by atoms with Crippen LogP contribution in [0.4, 0.5) is 0 Å². The number of carboxylic acids is 1. The summed E-state index contributed by atoms with van der Waals surface area (Å²) in [6.07, 6.45) is 0.356. The highest BCUT2D eigenvalue weighted by molar-refractivity contribution is 5.96. The van der Waals surface area contributed by atoms with E-state index in [1.54, 1.807) is 11.8 Å². The zero-order chi connectivity index (χ0) is 14.9. The molecule has 20 heavy (non-hydrogen) atoms. The summed E-state index contributed by atoms with van der Waals surface area (Å²) in [5.74, 6) is -0.946.